The maximum Gasteiger partial charge on any atom is 0.269 e. The first-order valence-corrected chi connectivity index (χ1v) is 8.15. The van der Waals surface area contributed by atoms with Crippen molar-refractivity contribution in [3.63, 3.8) is 0 Å². The van der Waals surface area contributed by atoms with Gasteiger partial charge in [-0.05, 0) is 45.0 Å². The maximum atomic E-state index is 12.6. The summed E-state index contributed by atoms with van der Waals surface area (Å²) in [5.74, 6) is 0.276. The van der Waals surface area contributed by atoms with E-state index in [1.165, 1.54) is 12.6 Å². The molecule has 0 aromatic carbocycles. The number of hydrogen-bond acceptors (Lipinski definition) is 4. The molecule has 2 amide bonds. The Morgan fingerprint density at radius 3 is 2.91 bits per heavy atom. The second-order valence-corrected chi connectivity index (χ2v) is 6.49. The fourth-order valence-corrected chi connectivity index (χ4v) is 2.73. The number of hydrogen-bond donors (Lipinski definition) is 1. The molecule has 1 aromatic rings. The molecule has 23 heavy (non-hydrogen) atoms. The van der Waals surface area contributed by atoms with Crippen LogP contribution in [-0.2, 0) is 0 Å². The molecule has 1 N–H and O–H groups in total. The van der Waals surface area contributed by atoms with Crippen LogP contribution in [0.3, 0.4) is 0 Å². The number of pyridine rings is 1. The van der Waals surface area contributed by atoms with Crippen molar-refractivity contribution in [1.29, 1.82) is 0 Å². The van der Waals surface area contributed by atoms with Gasteiger partial charge >= 0.3 is 0 Å². The third-order valence-corrected chi connectivity index (χ3v) is 4.03. The molecule has 0 saturated carbocycles. The number of aromatic nitrogens is 1. The van der Waals surface area contributed by atoms with E-state index in [2.05, 4.69) is 17.2 Å². The Bertz CT molecular complexity index is 559. The lowest BCUT2D eigenvalue weighted by molar-refractivity contribution is 0.0683. The fraction of sp³-hybridized carbons (Fsp3) is 0.588. The lowest BCUT2D eigenvalue weighted by Gasteiger charge is -2.31. The van der Waals surface area contributed by atoms with Gasteiger partial charge in [-0.1, -0.05) is 6.92 Å². The number of likely N-dealkylation sites (tertiary alicyclic amines) is 1. The topological polar surface area (TPSA) is 65.5 Å². The van der Waals surface area contributed by atoms with Gasteiger partial charge < -0.3 is 15.1 Å². The molecule has 6 heteroatoms. The van der Waals surface area contributed by atoms with Crippen molar-refractivity contribution in [2.45, 2.75) is 19.8 Å². The summed E-state index contributed by atoms with van der Waals surface area (Å²) in [6.07, 6.45) is 3.73. The van der Waals surface area contributed by atoms with Gasteiger partial charge in [0.05, 0.1) is 0 Å². The Kier molecular flexibility index (Phi) is 6.10. The molecule has 1 fully saturated rings. The SMILES string of the molecule is CC1CCCN(C(=O)c2ccnc(C(=O)NCCN(C)C)c2)C1. The Morgan fingerprint density at radius 2 is 2.22 bits per heavy atom. The lowest BCUT2D eigenvalue weighted by Crippen LogP contribution is -2.39. The molecule has 6 nitrogen and oxygen atoms in total. The van der Waals surface area contributed by atoms with Gasteiger partial charge in [0.15, 0.2) is 0 Å². The van der Waals surface area contributed by atoms with Gasteiger partial charge in [-0.15, -0.1) is 0 Å². The van der Waals surface area contributed by atoms with Crippen LogP contribution in [0.4, 0.5) is 0 Å². The number of nitrogens with one attached hydrogen (secondary N) is 1. The number of rotatable bonds is 5. The predicted octanol–water partition coefficient (Wildman–Crippen LogP) is 1.25. The summed E-state index contributed by atoms with van der Waals surface area (Å²) in [5, 5.41) is 2.82. The second-order valence-electron chi connectivity index (χ2n) is 6.49. The van der Waals surface area contributed by atoms with Crippen molar-refractivity contribution in [3.8, 4) is 0 Å². The number of amides is 2. The summed E-state index contributed by atoms with van der Waals surface area (Å²) >= 11 is 0. The molecule has 126 valence electrons. The largest absolute Gasteiger partial charge is 0.349 e. The molecule has 0 radical (unpaired) electrons. The third kappa shape index (κ3) is 5.03. The van der Waals surface area contributed by atoms with Gasteiger partial charge in [0, 0.05) is 37.9 Å². The number of nitrogens with zero attached hydrogens (tertiary/aromatic N) is 3. The van der Waals surface area contributed by atoms with E-state index in [4.69, 9.17) is 0 Å². The highest BCUT2D eigenvalue weighted by molar-refractivity contribution is 5.98. The van der Waals surface area contributed by atoms with Gasteiger partial charge in [-0.25, -0.2) is 0 Å². The van der Waals surface area contributed by atoms with Crippen LogP contribution in [0.2, 0.25) is 0 Å². The zero-order chi connectivity index (χ0) is 16.8. The van der Waals surface area contributed by atoms with Crippen molar-refractivity contribution < 1.29 is 9.59 Å². The van der Waals surface area contributed by atoms with Crippen LogP contribution in [0.5, 0.6) is 0 Å². The van der Waals surface area contributed by atoms with E-state index >= 15 is 0 Å². The average Bonchev–Trinajstić information content (AvgIpc) is 2.54. The van der Waals surface area contributed by atoms with Crippen molar-refractivity contribution >= 4 is 11.8 Å². The van der Waals surface area contributed by atoms with Gasteiger partial charge in [-0.2, -0.15) is 0 Å². The Morgan fingerprint density at radius 1 is 1.43 bits per heavy atom. The highest BCUT2D eigenvalue weighted by Gasteiger charge is 2.22. The van der Waals surface area contributed by atoms with Gasteiger partial charge in [0.2, 0.25) is 0 Å². The molecule has 2 heterocycles. The van der Waals surface area contributed by atoms with Crippen LogP contribution in [0.15, 0.2) is 18.3 Å². The quantitative estimate of drug-likeness (QED) is 0.887. The van der Waals surface area contributed by atoms with Crippen molar-refractivity contribution in [2.75, 3.05) is 40.3 Å². The Labute approximate surface area is 137 Å². The van der Waals surface area contributed by atoms with E-state index < -0.39 is 0 Å². The molecular weight excluding hydrogens is 292 g/mol. The number of likely N-dealkylation sites (N-methyl/N-ethyl adjacent to an activating group) is 1. The zero-order valence-electron chi connectivity index (χ0n) is 14.2. The summed E-state index contributed by atoms with van der Waals surface area (Å²) in [5.41, 5.74) is 0.825. The third-order valence-electron chi connectivity index (χ3n) is 4.03. The smallest absolute Gasteiger partial charge is 0.269 e. The number of carbonyl (C=O) groups excluding carboxylic acids is 2. The molecule has 1 unspecified atom stereocenters. The van der Waals surface area contributed by atoms with Crippen LogP contribution < -0.4 is 5.32 Å². The highest BCUT2D eigenvalue weighted by Crippen LogP contribution is 2.18. The number of piperidine rings is 1. The van der Waals surface area contributed by atoms with E-state index in [-0.39, 0.29) is 11.8 Å². The average molecular weight is 318 g/mol. The van der Waals surface area contributed by atoms with Gasteiger partial charge in [0.1, 0.15) is 5.69 Å². The van der Waals surface area contributed by atoms with Crippen LogP contribution >= 0.6 is 0 Å². The van der Waals surface area contributed by atoms with Gasteiger partial charge in [-0.3, -0.25) is 14.6 Å². The maximum absolute atomic E-state index is 12.6. The minimum absolute atomic E-state index is 0.0127. The first-order valence-electron chi connectivity index (χ1n) is 8.15. The Hall–Kier alpha value is -1.95. The molecule has 0 bridgehead atoms. The molecule has 0 spiro atoms. The normalized spacial score (nSPS) is 18.1. The molecule has 1 aromatic heterocycles. The number of carbonyl (C=O) groups is 2. The van der Waals surface area contributed by atoms with Crippen LogP contribution in [0.25, 0.3) is 0 Å². The standard InChI is InChI=1S/C17H26N4O2/c1-13-5-4-9-21(12-13)17(23)14-6-7-18-15(11-14)16(22)19-8-10-20(2)3/h6-7,11,13H,4-5,8-10,12H2,1-3H3,(H,19,22). The first kappa shape index (κ1) is 17.4. The molecular formula is C17H26N4O2. The van der Waals surface area contributed by atoms with Crippen molar-refractivity contribution in [1.82, 2.24) is 20.1 Å². The van der Waals surface area contributed by atoms with Gasteiger partial charge in [0.25, 0.3) is 11.8 Å². The molecule has 1 atom stereocenters. The van der Waals surface area contributed by atoms with Crippen molar-refractivity contribution in [3.05, 3.63) is 29.6 Å². The minimum Gasteiger partial charge on any atom is -0.349 e. The monoisotopic (exact) mass is 318 g/mol. The lowest BCUT2D eigenvalue weighted by atomic mass is 9.99. The van der Waals surface area contributed by atoms with E-state index in [1.54, 1.807) is 12.1 Å². The fourth-order valence-electron chi connectivity index (χ4n) is 2.73. The molecule has 1 saturated heterocycles. The summed E-state index contributed by atoms with van der Waals surface area (Å²) in [7, 11) is 3.90. The van der Waals surface area contributed by atoms with E-state index in [9.17, 15) is 9.59 Å². The first-order chi connectivity index (χ1) is 11.0. The predicted molar refractivity (Wildman–Crippen MR) is 89.4 cm³/mol. The molecule has 2 rings (SSSR count). The van der Waals surface area contributed by atoms with E-state index in [0.29, 0.717) is 23.7 Å². The van der Waals surface area contributed by atoms with E-state index in [0.717, 1.165) is 26.1 Å². The molecule has 1 aliphatic rings. The second kappa shape index (κ2) is 8.06. The summed E-state index contributed by atoms with van der Waals surface area (Å²) in [6.45, 7) is 5.04. The summed E-state index contributed by atoms with van der Waals surface area (Å²) in [4.78, 5) is 32.6. The summed E-state index contributed by atoms with van der Waals surface area (Å²) < 4.78 is 0. The highest BCUT2D eigenvalue weighted by atomic mass is 16.2. The van der Waals surface area contributed by atoms with Crippen LogP contribution in [0, 0.1) is 5.92 Å². The van der Waals surface area contributed by atoms with E-state index in [1.807, 2.05) is 23.9 Å². The molecule has 0 aliphatic carbocycles. The van der Waals surface area contributed by atoms with Crippen molar-refractivity contribution in [2.24, 2.45) is 5.92 Å². The summed E-state index contributed by atoms with van der Waals surface area (Å²) in [6, 6.07) is 3.27. The van der Waals surface area contributed by atoms with Crippen LogP contribution in [0.1, 0.15) is 40.6 Å². The van der Waals surface area contributed by atoms with Crippen LogP contribution in [-0.4, -0.2) is 66.9 Å². The molecule has 1 aliphatic heterocycles. The zero-order valence-corrected chi connectivity index (χ0v) is 14.2. The Balaban J connectivity index is 2.01. The minimum atomic E-state index is -0.242.